The molecule has 0 unspecified atom stereocenters. The van der Waals surface area contributed by atoms with Gasteiger partial charge in [-0.25, -0.2) is 0 Å². The molecule has 5 nitrogen and oxygen atoms in total. The fraction of sp³-hybridized carbons (Fsp3) is 0.417. The molecule has 1 amide bonds. The molecule has 1 aromatic rings. The molecule has 0 bridgehead atoms. The molecule has 100 valence electrons. The van der Waals surface area contributed by atoms with Gasteiger partial charge in [0, 0.05) is 5.02 Å². The molecule has 0 atom stereocenters. The number of benzene rings is 1. The quantitative estimate of drug-likeness (QED) is 0.574. The highest BCUT2D eigenvalue weighted by Gasteiger charge is 2.29. The third kappa shape index (κ3) is 3.96. The number of nitrogens with one attached hydrogen (secondary N) is 1. The minimum atomic E-state index is -1.39. The molecule has 0 aromatic heterocycles. The average molecular weight is 274 g/mol. The van der Waals surface area contributed by atoms with E-state index in [2.05, 4.69) is 5.32 Å². The number of halogens is 1. The third-order valence-electron chi connectivity index (χ3n) is 2.57. The summed E-state index contributed by atoms with van der Waals surface area (Å²) < 4.78 is 0. The molecule has 0 spiro atoms. The van der Waals surface area contributed by atoms with E-state index >= 15 is 0 Å². The van der Waals surface area contributed by atoms with Gasteiger partial charge in [-0.15, -0.1) is 0 Å². The van der Waals surface area contributed by atoms with Gasteiger partial charge in [-0.05, 0) is 17.7 Å². The van der Waals surface area contributed by atoms with Crippen molar-refractivity contribution >= 4 is 17.5 Å². The Labute approximate surface area is 110 Å². The zero-order valence-electron chi connectivity index (χ0n) is 9.77. The summed E-state index contributed by atoms with van der Waals surface area (Å²) in [6, 6.07) is 6.81. The Morgan fingerprint density at radius 3 is 2.33 bits per heavy atom. The molecule has 0 heterocycles. The second kappa shape index (κ2) is 6.70. The van der Waals surface area contributed by atoms with Crippen LogP contribution in [0, 0.1) is 0 Å². The van der Waals surface area contributed by atoms with Gasteiger partial charge < -0.3 is 20.6 Å². The summed E-state index contributed by atoms with van der Waals surface area (Å²) in [7, 11) is 0. The van der Waals surface area contributed by atoms with Gasteiger partial charge in [-0.3, -0.25) is 4.79 Å². The van der Waals surface area contributed by atoms with Crippen LogP contribution in [0.3, 0.4) is 0 Å². The lowest BCUT2D eigenvalue weighted by Gasteiger charge is -2.28. The predicted molar refractivity (Wildman–Crippen MR) is 67.3 cm³/mol. The maximum Gasteiger partial charge on any atom is 0.225 e. The molecule has 1 aromatic carbocycles. The molecule has 0 fully saturated rings. The number of carbonyl (C=O) groups excluding carboxylic acids is 1. The fourth-order valence-corrected chi connectivity index (χ4v) is 1.65. The highest BCUT2D eigenvalue weighted by Crippen LogP contribution is 2.11. The Balaban J connectivity index is 2.66. The number of carbonyl (C=O) groups is 1. The van der Waals surface area contributed by atoms with Crippen LogP contribution in [-0.4, -0.2) is 46.6 Å². The van der Waals surface area contributed by atoms with E-state index < -0.39 is 31.3 Å². The smallest absolute Gasteiger partial charge is 0.225 e. The maximum atomic E-state index is 11.7. The molecule has 0 radical (unpaired) electrons. The highest BCUT2D eigenvalue weighted by molar-refractivity contribution is 6.30. The van der Waals surface area contributed by atoms with E-state index in [1.807, 2.05) is 0 Å². The first kappa shape index (κ1) is 14.9. The van der Waals surface area contributed by atoms with Crippen LogP contribution in [-0.2, 0) is 11.2 Å². The van der Waals surface area contributed by atoms with E-state index in [0.717, 1.165) is 0 Å². The van der Waals surface area contributed by atoms with Crippen molar-refractivity contribution in [2.45, 2.75) is 12.0 Å². The third-order valence-corrected chi connectivity index (χ3v) is 2.80. The Bertz CT molecular complexity index is 399. The van der Waals surface area contributed by atoms with Gasteiger partial charge in [0.05, 0.1) is 26.2 Å². The number of aliphatic hydroxyl groups excluding tert-OH is 3. The van der Waals surface area contributed by atoms with Gasteiger partial charge in [0.2, 0.25) is 5.91 Å². The van der Waals surface area contributed by atoms with Crippen molar-refractivity contribution in [3.05, 3.63) is 34.9 Å². The Hall–Kier alpha value is -1.14. The summed E-state index contributed by atoms with van der Waals surface area (Å²) in [4.78, 5) is 11.7. The van der Waals surface area contributed by atoms with E-state index in [0.29, 0.717) is 10.6 Å². The molecule has 6 heteroatoms. The van der Waals surface area contributed by atoms with Crippen LogP contribution in [0.15, 0.2) is 24.3 Å². The first-order valence-electron chi connectivity index (χ1n) is 5.43. The van der Waals surface area contributed by atoms with E-state index in [4.69, 9.17) is 26.9 Å². The maximum absolute atomic E-state index is 11.7. The fourth-order valence-electron chi connectivity index (χ4n) is 1.44. The van der Waals surface area contributed by atoms with E-state index in [9.17, 15) is 4.79 Å². The number of rotatable bonds is 6. The first-order chi connectivity index (χ1) is 8.55. The first-order valence-corrected chi connectivity index (χ1v) is 5.81. The van der Waals surface area contributed by atoms with E-state index in [-0.39, 0.29) is 6.42 Å². The monoisotopic (exact) mass is 273 g/mol. The molecule has 0 saturated carbocycles. The summed E-state index contributed by atoms with van der Waals surface area (Å²) in [6.45, 7) is -1.62. The summed E-state index contributed by atoms with van der Waals surface area (Å²) in [5, 5.41) is 30.2. The predicted octanol–water partition coefficient (Wildman–Crippen LogP) is -0.286. The van der Waals surface area contributed by atoms with Crippen molar-refractivity contribution in [3.8, 4) is 0 Å². The zero-order chi connectivity index (χ0) is 13.6. The lowest BCUT2D eigenvalue weighted by Crippen LogP contribution is -2.57. The molecular weight excluding hydrogens is 258 g/mol. The van der Waals surface area contributed by atoms with Crippen molar-refractivity contribution in [2.24, 2.45) is 0 Å². The van der Waals surface area contributed by atoms with Crippen LogP contribution < -0.4 is 5.32 Å². The molecule has 4 N–H and O–H groups in total. The number of hydrogen-bond acceptors (Lipinski definition) is 4. The van der Waals surface area contributed by atoms with Crippen molar-refractivity contribution in [2.75, 3.05) is 19.8 Å². The molecular formula is C12H16ClNO4. The van der Waals surface area contributed by atoms with Gasteiger partial charge in [0.1, 0.15) is 5.54 Å². The lowest BCUT2D eigenvalue weighted by atomic mass is 10.0. The van der Waals surface area contributed by atoms with Gasteiger partial charge >= 0.3 is 0 Å². The molecule has 0 aliphatic heterocycles. The minimum absolute atomic E-state index is 0.0578. The largest absolute Gasteiger partial charge is 0.394 e. The van der Waals surface area contributed by atoms with Gasteiger partial charge in [0.15, 0.2) is 0 Å². The van der Waals surface area contributed by atoms with E-state index in [1.54, 1.807) is 24.3 Å². The lowest BCUT2D eigenvalue weighted by molar-refractivity contribution is -0.124. The van der Waals surface area contributed by atoms with Gasteiger partial charge in [-0.2, -0.15) is 0 Å². The van der Waals surface area contributed by atoms with Crippen molar-refractivity contribution in [1.82, 2.24) is 5.32 Å². The summed E-state index contributed by atoms with van der Waals surface area (Å²) in [6.07, 6.45) is 0.0578. The molecule has 18 heavy (non-hydrogen) atoms. The van der Waals surface area contributed by atoms with Crippen molar-refractivity contribution < 1.29 is 20.1 Å². The second-order valence-electron chi connectivity index (χ2n) is 4.11. The van der Waals surface area contributed by atoms with Crippen LogP contribution >= 0.6 is 11.6 Å². The number of amides is 1. The van der Waals surface area contributed by atoms with Crippen LogP contribution in [0.25, 0.3) is 0 Å². The highest BCUT2D eigenvalue weighted by atomic mass is 35.5. The van der Waals surface area contributed by atoms with Crippen LogP contribution in [0.1, 0.15) is 5.56 Å². The SMILES string of the molecule is O=C(Cc1cccc(Cl)c1)NC(CO)(CO)CO. The van der Waals surface area contributed by atoms with Crippen LogP contribution in [0.4, 0.5) is 0 Å². The van der Waals surface area contributed by atoms with Gasteiger partial charge in [0.25, 0.3) is 0 Å². The molecule has 0 aliphatic carbocycles. The zero-order valence-corrected chi connectivity index (χ0v) is 10.5. The number of hydrogen-bond donors (Lipinski definition) is 4. The van der Waals surface area contributed by atoms with Crippen LogP contribution in [0.2, 0.25) is 5.02 Å². The molecule has 0 aliphatic rings. The van der Waals surface area contributed by atoms with E-state index in [1.165, 1.54) is 0 Å². The van der Waals surface area contributed by atoms with Crippen molar-refractivity contribution in [1.29, 1.82) is 0 Å². The van der Waals surface area contributed by atoms with Crippen LogP contribution in [0.5, 0.6) is 0 Å². The normalized spacial score (nSPS) is 11.3. The topological polar surface area (TPSA) is 89.8 Å². The Kier molecular flexibility index (Phi) is 5.55. The second-order valence-corrected chi connectivity index (χ2v) is 4.55. The summed E-state index contributed by atoms with van der Waals surface area (Å²) >= 11 is 5.79. The number of aliphatic hydroxyl groups is 3. The Morgan fingerprint density at radius 2 is 1.83 bits per heavy atom. The Morgan fingerprint density at radius 1 is 1.22 bits per heavy atom. The average Bonchev–Trinajstić information content (AvgIpc) is 2.36. The summed E-state index contributed by atoms with van der Waals surface area (Å²) in [5.74, 6) is -0.408. The molecule has 1 rings (SSSR count). The van der Waals surface area contributed by atoms with Crippen molar-refractivity contribution in [3.63, 3.8) is 0 Å². The standard InChI is InChI=1S/C12H16ClNO4/c13-10-3-1-2-9(4-10)5-11(18)14-12(6-15,7-16)8-17/h1-4,15-17H,5-8H2,(H,14,18). The van der Waals surface area contributed by atoms with Gasteiger partial charge in [-0.1, -0.05) is 23.7 Å². The summed E-state index contributed by atoms with van der Waals surface area (Å²) in [5.41, 5.74) is -0.682. The molecule has 0 saturated heterocycles. The minimum Gasteiger partial charge on any atom is -0.394 e.